The van der Waals surface area contributed by atoms with Crippen molar-refractivity contribution in [1.82, 2.24) is 10.2 Å². The van der Waals surface area contributed by atoms with E-state index in [0.717, 1.165) is 10.5 Å². The maximum absolute atomic E-state index is 12.5. The molecule has 0 saturated carbocycles. The standard InChI is InChI=1S/C22H19ClN2O5/c1-3-10-25-21(27)17(20(26)24-22(25)28)11-15-6-9-18(29-2)19(12-15)30-13-14-4-7-16(23)8-5-14/h3-9,11-12H,1,10,13H2,2H3,(H,24,26,28)/b17-11+. The van der Waals surface area contributed by atoms with Gasteiger partial charge in [0.05, 0.1) is 7.11 Å². The van der Waals surface area contributed by atoms with Crippen LogP contribution in [0.2, 0.25) is 5.02 Å². The Hall–Kier alpha value is -3.58. The molecule has 1 aliphatic heterocycles. The number of hydrogen-bond acceptors (Lipinski definition) is 5. The van der Waals surface area contributed by atoms with Crippen LogP contribution in [0.25, 0.3) is 6.08 Å². The summed E-state index contributed by atoms with van der Waals surface area (Å²) < 4.78 is 11.2. The summed E-state index contributed by atoms with van der Waals surface area (Å²) >= 11 is 5.90. The van der Waals surface area contributed by atoms with E-state index in [1.807, 2.05) is 12.1 Å². The van der Waals surface area contributed by atoms with E-state index in [-0.39, 0.29) is 18.7 Å². The quantitative estimate of drug-likeness (QED) is 0.415. The molecule has 1 saturated heterocycles. The summed E-state index contributed by atoms with van der Waals surface area (Å²) in [7, 11) is 1.51. The second-order valence-corrected chi connectivity index (χ2v) is 6.78. The first kappa shape index (κ1) is 21.1. The molecule has 3 rings (SSSR count). The van der Waals surface area contributed by atoms with Gasteiger partial charge in [-0.3, -0.25) is 19.8 Å². The molecule has 1 aliphatic rings. The first-order valence-electron chi connectivity index (χ1n) is 8.98. The van der Waals surface area contributed by atoms with Gasteiger partial charge in [0.2, 0.25) is 0 Å². The van der Waals surface area contributed by atoms with E-state index < -0.39 is 17.8 Å². The van der Waals surface area contributed by atoms with Gasteiger partial charge >= 0.3 is 6.03 Å². The molecule has 1 heterocycles. The Morgan fingerprint density at radius 1 is 1.10 bits per heavy atom. The van der Waals surface area contributed by atoms with Gasteiger partial charge in [-0.05, 0) is 41.5 Å². The van der Waals surface area contributed by atoms with Crippen molar-refractivity contribution in [2.24, 2.45) is 0 Å². The summed E-state index contributed by atoms with van der Waals surface area (Å²) in [5.74, 6) is -0.522. The number of ether oxygens (including phenoxy) is 2. The molecule has 0 aromatic heterocycles. The highest BCUT2D eigenvalue weighted by atomic mass is 35.5. The topological polar surface area (TPSA) is 84.9 Å². The average Bonchev–Trinajstić information content (AvgIpc) is 2.74. The fraction of sp³-hybridized carbons (Fsp3) is 0.136. The molecular weight excluding hydrogens is 408 g/mol. The fourth-order valence-corrected chi connectivity index (χ4v) is 2.92. The van der Waals surface area contributed by atoms with Crippen molar-refractivity contribution in [2.75, 3.05) is 13.7 Å². The third kappa shape index (κ3) is 4.69. The van der Waals surface area contributed by atoms with Crippen LogP contribution in [0, 0.1) is 0 Å². The van der Waals surface area contributed by atoms with Crippen LogP contribution in [0.4, 0.5) is 4.79 Å². The molecule has 8 heteroatoms. The SMILES string of the molecule is C=CCN1C(=O)NC(=O)/C(=C\c2ccc(OC)c(OCc3ccc(Cl)cc3)c2)C1=O. The van der Waals surface area contributed by atoms with Crippen LogP contribution in [-0.2, 0) is 16.2 Å². The van der Waals surface area contributed by atoms with Gasteiger partial charge in [0, 0.05) is 11.6 Å². The smallest absolute Gasteiger partial charge is 0.331 e. The number of amides is 4. The van der Waals surface area contributed by atoms with Gasteiger partial charge in [-0.1, -0.05) is 35.9 Å². The Kier molecular flexibility index (Phi) is 6.54. The highest BCUT2D eigenvalue weighted by Crippen LogP contribution is 2.30. The number of halogens is 1. The Morgan fingerprint density at radius 2 is 1.83 bits per heavy atom. The van der Waals surface area contributed by atoms with Gasteiger partial charge in [-0.25, -0.2) is 4.79 Å². The fourth-order valence-electron chi connectivity index (χ4n) is 2.79. The zero-order valence-corrected chi connectivity index (χ0v) is 16.9. The number of benzene rings is 2. The summed E-state index contributed by atoms with van der Waals surface area (Å²) in [5, 5.41) is 2.78. The second kappa shape index (κ2) is 9.28. The highest BCUT2D eigenvalue weighted by Gasteiger charge is 2.34. The van der Waals surface area contributed by atoms with Crippen LogP contribution in [0.15, 0.2) is 60.7 Å². The molecule has 1 N–H and O–H groups in total. The number of urea groups is 1. The lowest BCUT2D eigenvalue weighted by molar-refractivity contribution is -0.129. The lowest BCUT2D eigenvalue weighted by atomic mass is 10.1. The second-order valence-electron chi connectivity index (χ2n) is 6.35. The third-order valence-corrected chi connectivity index (χ3v) is 4.56. The molecule has 0 atom stereocenters. The van der Waals surface area contributed by atoms with Crippen LogP contribution in [0.5, 0.6) is 11.5 Å². The van der Waals surface area contributed by atoms with E-state index in [4.69, 9.17) is 21.1 Å². The van der Waals surface area contributed by atoms with E-state index in [1.165, 1.54) is 19.3 Å². The van der Waals surface area contributed by atoms with Crippen molar-refractivity contribution in [2.45, 2.75) is 6.61 Å². The van der Waals surface area contributed by atoms with Crippen LogP contribution >= 0.6 is 11.6 Å². The number of barbiturate groups is 1. The predicted octanol–water partition coefficient (Wildman–Crippen LogP) is 3.58. The zero-order valence-electron chi connectivity index (χ0n) is 16.2. The lowest BCUT2D eigenvalue weighted by Gasteiger charge is -2.25. The van der Waals surface area contributed by atoms with Gasteiger partial charge in [0.1, 0.15) is 12.2 Å². The number of nitrogens with zero attached hydrogens (tertiary/aromatic N) is 1. The van der Waals surface area contributed by atoms with Crippen molar-refractivity contribution in [3.63, 3.8) is 0 Å². The number of rotatable bonds is 7. The zero-order chi connectivity index (χ0) is 21.7. The minimum Gasteiger partial charge on any atom is -0.493 e. The summed E-state index contributed by atoms with van der Waals surface area (Å²) in [4.78, 5) is 37.5. The van der Waals surface area contributed by atoms with Gasteiger partial charge in [0.15, 0.2) is 11.5 Å². The largest absolute Gasteiger partial charge is 0.493 e. The van der Waals surface area contributed by atoms with Crippen molar-refractivity contribution < 1.29 is 23.9 Å². The first-order chi connectivity index (χ1) is 14.4. The minimum absolute atomic E-state index is 0.00659. The number of nitrogens with one attached hydrogen (secondary N) is 1. The highest BCUT2D eigenvalue weighted by molar-refractivity contribution is 6.31. The van der Waals surface area contributed by atoms with Crippen molar-refractivity contribution in [1.29, 1.82) is 0 Å². The molecule has 0 radical (unpaired) electrons. The maximum atomic E-state index is 12.5. The summed E-state index contributed by atoms with van der Waals surface area (Å²) in [6, 6.07) is 11.4. The van der Waals surface area contributed by atoms with Crippen LogP contribution in [-0.4, -0.2) is 36.4 Å². The van der Waals surface area contributed by atoms with E-state index in [9.17, 15) is 14.4 Å². The van der Waals surface area contributed by atoms with Crippen LogP contribution in [0.3, 0.4) is 0 Å². The average molecular weight is 427 g/mol. The molecular formula is C22H19ClN2O5. The van der Waals surface area contributed by atoms with E-state index in [0.29, 0.717) is 22.1 Å². The normalized spacial score (nSPS) is 15.2. The van der Waals surface area contributed by atoms with E-state index in [2.05, 4.69) is 11.9 Å². The molecule has 7 nitrogen and oxygen atoms in total. The maximum Gasteiger partial charge on any atom is 0.331 e. The Morgan fingerprint density at radius 3 is 2.50 bits per heavy atom. The Bertz CT molecular complexity index is 1030. The van der Waals surface area contributed by atoms with E-state index in [1.54, 1.807) is 30.3 Å². The molecule has 0 aliphatic carbocycles. The van der Waals surface area contributed by atoms with Gasteiger partial charge in [0.25, 0.3) is 11.8 Å². The van der Waals surface area contributed by atoms with E-state index >= 15 is 0 Å². The minimum atomic E-state index is -0.774. The molecule has 0 unspecified atom stereocenters. The van der Waals surface area contributed by atoms with Crippen molar-refractivity contribution in [3.05, 3.63) is 76.8 Å². The molecule has 0 bridgehead atoms. The number of imide groups is 2. The van der Waals surface area contributed by atoms with Crippen molar-refractivity contribution >= 4 is 35.5 Å². The van der Waals surface area contributed by atoms with Gasteiger partial charge in [-0.2, -0.15) is 0 Å². The number of hydrogen-bond donors (Lipinski definition) is 1. The molecule has 1 fully saturated rings. The lowest BCUT2D eigenvalue weighted by Crippen LogP contribution is -2.54. The van der Waals surface area contributed by atoms with Crippen molar-refractivity contribution in [3.8, 4) is 11.5 Å². The van der Waals surface area contributed by atoms with Gasteiger partial charge in [-0.15, -0.1) is 6.58 Å². The third-order valence-electron chi connectivity index (χ3n) is 4.30. The van der Waals surface area contributed by atoms with Crippen LogP contribution < -0.4 is 14.8 Å². The predicted molar refractivity (Wildman–Crippen MR) is 112 cm³/mol. The molecule has 2 aromatic carbocycles. The summed E-state index contributed by atoms with van der Waals surface area (Å²) in [5.41, 5.74) is 1.28. The molecule has 4 amide bonds. The Labute approximate surface area is 178 Å². The summed E-state index contributed by atoms with van der Waals surface area (Å²) in [6.45, 7) is 3.78. The summed E-state index contributed by atoms with van der Waals surface area (Å²) in [6.07, 6.45) is 2.80. The first-order valence-corrected chi connectivity index (χ1v) is 9.35. The van der Waals surface area contributed by atoms with Gasteiger partial charge < -0.3 is 9.47 Å². The molecule has 154 valence electrons. The monoisotopic (exact) mass is 426 g/mol. The molecule has 0 spiro atoms. The van der Waals surface area contributed by atoms with Crippen LogP contribution in [0.1, 0.15) is 11.1 Å². The Balaban J connectivity index is 1.86. The molecule has 30 heavy (non-hydrogen) atoms. The molecule has 2 aromatic rings. The number of methoxy groups -OCH3 is 1. The number of carbonyl (C=O) groups excluding carboxylic acids is 3. The number of carbonyl (C=O) groups is 3.